The lowest BCUT2D eigenvalue weighted by Gasteiger charge is -2.27. The van der Waals surface area contributed by atoms with Gasteiger partial charge in [0.05, 0.1) is 17.3 Å². The lowest BCUT2D eigenvalue weighted by atomic mass is 9.90. The van der Waals surface area contributed by atoms with Crippen LogP contribution in [0.4, 0.5) is 0 Å². The molecule has 0 aliphatic heterocycles. The number of amidine groups is 1. The fourth-order valence-corrected chi connectivity index (χ4v) is 4.29. The fourth-order valence-electron chi connectivity index (χ4n) is 4.29. The monoisotopic (exact) mass is 489 g/mol. The topological polar surface area (TPSA) is 172 Å². The number of carbonyl (C=O) groups is 2. The number of hydrogen-bond donors (Lipinski definition) is 4. The summed E-state index contributed by atoms with van der Waals surface area (Å²) in [5.41, 5.74) is 17.9. The van der Waals surface area contributed by atoms with Gasteiger partial charge in [-0.05, 0) is 51.7 Å². The van der Waals surface area contributed by atoms with Crippen molar-refractivity contribution in [2.24, 2.45) is 21.6 Å². The van der Waals surface area contributed by atoms with Crippen molar-refractivity contribution in [2.75, 3.05) is 7.05 Å². The minimum absolute atomic E-state index is 0.00727. The SMILES string of the molecule is C=C(C#N)C(=O)NC1CCC(N=C(C(=C(N)C=O)/C(N)=N\NC)c2oc3ccc(C)cc3c2C)CC1. The van der Waals surface area contributed by atoms with Gasteiger partial charge in [0.1, 0.15) is 22.9 Å². The van der Waals surface area contributed by atoms with Crippen LogP contribution in [0.3, 0.4) is 0 Å². The maximum atomic E-state index is 12.0. The second-order valence-electron chi connectivity index (χ2n) is 8.77. The van der Waals surface area contributed by atoms with Gasteiger partial charge in [-0.25, -0.2) is 0 Å². The number of benzene rings is 1. The minimum atomic E-state index is -0.460. The van der Waals surface area contributed by atoms with Crippen LogP contribution in [0.25, 0.3) is 11.0 Å². The summed E-state index contributed by atoms with van der Waals surface area (Å²) in [5, 5.41) is 16.7. The number of nitrogens with one attached hydrogen (secondary N) is 2. The molecule has 1 fully saturated rings. The van der Waals surface area contributed by atoms with Crippen LogP contribution in [0.15, 0.2) is 56.1 Å². The van der Waals surface area contributed by atoms with Gasteiger partial charge in [-0.2, -0.15) is 10.4 Å². The molecule has 1 aromatic carbocycles. The fraction of sp³-hybridized carbons (Fsp3) is 0.346. The Bertz CT molecular complexity index is 1320. The van der Waals surface area contributed by atoms with Crippen LogP contribution in [0, 0.1) is 25.2 Å². The van der Waals surface area contributed by atoms with E-state index in [4.69, 9.17) is 26.1 Å². The lowest BCUT2D eigenvalue weighted by Crippen LogP contribution is -2.39. The predicted molar refractivity (Wildman–Crippen MR) is 139 cm³/mol. The highest BCUT2D eigenvalue weighted by Crippen LogP contribution is 2.30. The Kier molecular flexibility index (Phi) is 8.27. The van der Waals surface area contributed by atoms with Gasteiger partial charge >= 0.3 is 0 Å². The molecule has 0 bridgehead atoms. The Balaban J connectivity index is 2.04. The Morgan fingerprint density at radius 3 is 2.56 bits per heavy atom. The van der Waals surface area contributed by atoms with Crippen molar-refractivity contribution < 1.29 is 14.0 Å². The van der Waals surface area contributed by atoms with E-state index >= 15 is 0 Å². The summed E-state index contributed by atoms with van der Waals surface area (Å²) in [6.07, 6.45) is 3.14. The number of hydrazone groups is 1. The van der Waals surface area contributed by atoms with Crippen molar-refractivity contribution in [3.8, 4) is 6.07 Å². The number of fused-ring (bicyclic) bond motifs is 1. The number of amides is 1. The quantitative estimate of drug-likeness (QED) is 0.110. The maximum Gasteiger partial charge on any atom is 0.261 e. The summed E-state index contributed by atoms with van der Waals surface area (Å²) in [6.45, 7) is 7.37. The number of rotatable bonds is 8. The molecule has 2 aromatic rings. The van der Waals surface area contributed by atoms with E-state index in [1.807, 2.05) is 32.0 Å². The number of furan rings is 1. The third-order valence-electron chi connectivity index (χ3n) is 6.20. The summed E-state index contributed by atoms with van der Waals surface area (Å²) in [6, 6.07) is 7.41. The van der Waals surface area contributed by atoms with E-state index in [1.165, 1.54) is 0 Å². The van der Waals surface area contributed by atoms with E-state index in [1.54, 1.807) is 13.1 Å². The number of hydrogen-bond acceptors (Lipinski definition) is 8. The zero-order valence-corrected chi connectivity index (χ0v) is 20.7. The molecule has 188 valence electrons. The number of nitrogens with two attached hydrogens (primary N) is 2. The first kappa shape index (κ1) is 26.2. The second kappa shape index (κ2) is 11.4. The molecular weight excluding hydrogens is 458 g/mol. The van der Waals surface area contributed by atoms with Crippen molar-refractivity contribution in [1.29, 1.82) is 5.26 Å². The second-order valence-corrected chi connectivity index (χ2v) is 8.77. The molecule has 0 saturated heterocycles. The molecule has 1 aromatic heterocycles. The molecule has 36 heavy (non-hydrogen) atoms. The van der Waals surface area contributed by atoms with Gasteiger partial charge < -0.3 is 26.6 Å². The minimum Gasteiger partial charge on any atom is -0.454 e. The van der Waals surface area contributed by atoms with Gasteiger partial charge in [0.25, 0.3) is 5.91 Å². The molecule has 0 unspecified atom stereocenters. The van der Waals surface area contributed by atoms with Crippen LogP contribution in [-0.2, 0) is 9.59 Å². The van der Waals surface area contributed by atoms with E-state index < -0.39 is 5.91 Å². The third kappa shape index (κ3) is 5.63. The molecule has 10 nitrogen and oxygen atoms in total. The molecular formula is C26H31N7O3. The number of carbonyl (C=O) groups excluding carboxylic acids is 2. The Hall–Kier alpha value is -4.39. The van der Waals surface area contributed by atoms with Gasteiger partial charge in [-0.15, -0.1) is 0 Å². The van der Waals surface area contributed by atoms with Gasteiger partial charge in [-0.3, -0.25) is 14.6 Å². The molecule has 0 spiro atoms. The molecule has 1 saturated carbocycles. The Morgan fingerprint density at radius 2 is 1.94 bits per heavy atom. The first-order valence-electron chi connectivity index (χ1n) is 11.6. The predicted octanol–water partition coefficient (Wildman–Crippen LogP) is 2.25. The highest BCUT2D eigenvalue weighted by atomic mass is 16.3. The molecule has 1 aliphatic rings. The Morgan fingerprint density at radius 1 is 1.25 bits per heavy atom. The molecule has 0 radical (unpaired) electrons. The smallest absolute Gasteiger partial charge is 0.261 e. The number of nitrogens with zero attached hydrogens (tertiary/aromatic N) is 3. The first-order chi connectivity index (χ1) is 17.2. The van der Waals surface area contributed by atoms with E-state index in [0.717, 1.165) is 16.5 Å². The van der Waals surface area contributed by atoms with Crippen molar-refractivity contribution >= 4 is 34.7 Å². The van der Waals surface area contributed by atoms with E-state index in [2.05, 4.69) is 22.4 Å². The van der Waals surface area contributed by atoms with Crippen LogP contribution in [-0.4, -0.2) is 42.9 Å². The number of allylic oxidation sites excluding steroid dienone is 1. The van der Waals surface area contributed by atoms with Crippen LogP contribution in [0.2, 0.25) is 0 Å². The molecule has 1 amide bonds. The Labute approximate surface area is 209 Å². The molecule has 6 N–H and O–H groups in total. The van der Waals surface area contributed by atoms with E-state index in [9.17, 15) is 9.59 Å². The highest BCUT2D eigenvalue weighted by molar-refractivity contribution is 6.31. The number of aryl methyl sites for hydroxylation is 2. The van der Waals surface area contributed by atoms with Crippen molar-refractivity contribution in [1.82, 2.24) is 10.7 Å². The zero-order valence-electron chi connectivity index (χ0n) is 20.7. The van der Waals surface area contributed by atoms with Gasteiger partial charge in [-0.1, -0.05) is 18.2 Å². The van der Waals surface area contributed by atoms with Gasteiger partial charge in [0.2, 0.25) is 0 Å². The summed E-state index contributed by atoms with van der Waals surface area (Å²) in [4.78, 5) is 28.7. The standard InChI is InChI=1S/C26H31N7O3/c1-14-5-10-21-19(11-14)16(3)24(36-21)23(22(20(28)13-34)25(29)33-30-4)31-17-6-8-18(9-7-17)32-26(35)15(2)12-27/h5,10-11,13,17-18,30H,2,6-9,28H2,1,3-4H3,(H2,29,33)(H,32,35). The van der Waals surface area contributed by atoms with Gasteiger partial charge in [0, 0.05) is 24.0 Å². The number of nitriles is 1. The average Bonchev–Trinajstić information content (AvgIpc) is 3.19. The summed E-state index contributed by atoms with van der Waals surface area (Å²) < 4.78 is 6.21. The summed E-state index contributed by atoms with van der Waals surface area (Å²) >= 11 is 0. The number of aliphatic imine (C=N–C) groups is 1. The third-order valence-corrected chi connectivity index (χ3v) is 6.20. The average molecular weight is 490 g/mol. The van der Waals surface area contributed by atoms with E-state index in [0.29, 0.717) is 49.0 Å². The maximum absolute atomic E-state index is 12.0. The van der Waals surface area contributed by atoms with Crippen LogP contribution >= 0.6 is 0 Å². The van der Waals surface area contributed by atoms with Crippen molar-refractivity contribution in [3.63, 3.8) is 0 Å². The molecule has 3 rings (SSSR count). The van der Waals surface area contributed by atoms with Crippen LogP contribution in [0.5, 0.6) is 0 Å². The lowest BCUT2D eigenvalue weighted by molar-refractivity contribution is -0.118. The zero-order chi connectivity index (χ0) is 26.4. The van der Waals surface area contributed by atoms with Crippen LogP contribution in [0.1, 0.15) is 42.6 Å². The largest absolute Gasteiger partial charge is 0.454 e. The van der Waals surface area contributed by atoms with E-state index in [-0.39, 0.29) is 34.8 Å². The normalized spacial score (nSPS) is 19.3. The van der Waals surface area contributed by atoms with Crippen LogP contribution < -0.4 is 22.2 Å². The van der Waals surface area contributed by atoms with Gasteiger partial charge in [0.15, 0.2) is 17.9 Å². The molecule has 1 heterocycles. The van der Waals surface area contributed by atoms with Crippen molar-refractivity contribution in [3.05, 3.63) is 58.5 Å². The first-order valence-corrected chi connectivity index (χ1v) is 11.6. The molecule has 10 heteroatoms. The molecule has 0 atom stereocenters. The number of aldehydes is 1. The highest BCUT2D eigenvalue weighted by Gasteiger charge is 2.28. The molecule has 1 aliphatic carbocycles. The summed E-state index contributed by atoms with van der Waals surface area (Å²) in [5.74, 6) is 0.0108. The van der Waals surface area contributed by atoms with Crippen molar-refractivity contribution in [2.45, 2.75) is 51.6 Å². The summed E-state index contributed by atoms with van der Waals surface area (Å²) in [7, 11) is 1.59.